The van der Waals surface area contributed by atoms with Crippen LogP contribution in [0.2, 0.25) is 5.02 Å². The Balaban J connectivity index is 1.73. The van der Waals surface area contributed by atoms with Crippen molar-refractivity contribution in [3.8, 4) is 5.75 Å². The Morgan fingerprint density at radius 3 is 2.60 bits per heavy atom. The van der Waals surface area contributed by atoms with Gasteiger partial charge in [-0.25, -0.2) is 15.0 Å². The molecule has 4 aromatic heterocycles. The number of ether oxygens (including phenoxy) is 1. The van der Waals surface area contributed by atoms with E-state index in [0.29, 0.717) is 12.3 Å². The van der Waals surface area contributed by atoms with Gasteiger partial charge in [0.2, 0.25) is 5.95 Å². The molecular formula is C20H17ClF3N9O2. The molecule has 11 nitrogen and oxygen atoms in total. The number of halogens is 4. The molecule has 0 aliphatic rings. The van der Waals surface area contributed by atoms with Gasteiger partial charge in [0.1, 0.15) is 21.9 Å². The van der Waals surface area contributed by atoms with E-state index >= 15 is 0 Å². The molecule has 5 N–H and O–H groups in total. The van der Waals surface area contributed by atoms with E-state index in [1.54, 1.807) is 0 Å². The predicted octanol–water partition coefficient (Wildman–Crippen LogP) is 2.79. The lowest BCUT2D eigenvalue weighted by Gasteiger charge is -2.13. The average Bonchev–Trinajstić information content (AvgIpc) is 3.12. The summed E-state index contributed by atoms with van der Waals surface area (Å²) in [5, 5.41) is 2.69. The number of nitrogen functional groups attached to an aromatic ring is 1. The highest BCUT2D eigenvalue weighted by Gasteiger charge is 2.32. The van der Waals surface area contributed by atoms with Crippen LogP contribution in [-0.2, 0) is 20.3 Å². The van der Waals surface area contributed by atoms with E-state index in [2.05, 4.69) is 25.3 Å². The molecule has 15 heteroatoms. The second kappa shape index (κ2) is 8.79. The minimum absolute atomic E-state index is 0.0238. The van der Waals surface area contributed by atoms with Crippen LogP contribution in [0, 0.1) is 0 Å². The van der Waals surface area contributed by atoms with Crippen molar-refractivity contribution in [3.05, 3.63) is 63.7 Å². The molecule has 4 rings (SSSR count). The number of nitrogens with one attached hydrogen (secondary N) is 1. The Morgan fingerprint density at radius 2 is 1.94 bits per heavy atom. The van der Waals surface area contributed by atoms with Gasteiger partial charge in [0.05, 0.1) is 11.8 Å². The lowest BCUT2D eigenvalue weighted by molar-refractivity contribution is -0.138. The van der Waals surface area contributed by atoms with Crippen molar-refractivity contribution in [2.75, 3.05) is 11.1 Å². The van der Waals surface area contributed by atoms with E-state index in [1.807, 2.05) is 0 Å². The molecule has 4 aromatic rings. The highest BCUT2D eigenvalue weighted by Crippen LogP contribution is 2.35. The van der Waals surface area contributed by atoms with Crippen molar-refractivity contribution in [3.63, 3.8) is 0 Å². The molecule has 0 unspecified atom stereocenters. The van der Waals surface area contributed by atoms with E-state index in [0.717, 1.165) is 10.8 Å². The van der Waals surface area contributed by atoms with Crippen LogP contribution in [0.3, 0.4) is 0 Å². The summed E-state index contributed by atoms with van der Waals surface area (Å²) in [6.45, 7) is 0. The van der Waals surface area contributed by atoms with Gasteiger partial charge in [0, 0.05) is 38.9 Å². The molecule has 0 saturated carbocycles. The molecule has 0 amide bonds. The Hall–Kier alpha value is -4.33. The molecule has 0 aliphatic carbocycles. The highest BCUT2D eigenvalue weighted by molar-refractivity contribution is 6.36. The summed E-state index contributed by atoms with van der Waals surface area (Å²) >= 11 is 6.53. The molecule has 0 aliphatic heterocycles. The van der Waals surface area contributed by atoms with Crippen molar-refractivity contribution in [2.45, 2.75) is 6.18 Å². The fourth-order valence-corrected chi connectivity index (χ4v) is 3.49. The van der Waals surface area contributed by atoms with Gasteiger partial charge in [0.15, 0.2) is 23.0 Å². The smallest absolute Gasteiger partial charge is 0.417 e. The number of aryl methyl sites for hydroxylation is 2. The summed E-state index contributed by atoms with van der Waals surface area (Å²) in [6.07, 6.45) is 1.26. The quantitative estimate of drug-likeness (QED) is 0.346. The summed E-state index contributed by atoms with van der Waals surface area (Å²) in [5.41, 5.74) is 10.1. The van der Waals surface area contributed by atoms with Crippen molar-refractivity contribution < 1.29 is 17.9 Å². The van der Waals surface area contributed by atoms with E-state index in [1.165, 1.54) is 37.3 Å². The number of rotatable bonds is 5. The van der Waals surface area contributed by atoms with Crippen LogP contribution in [0.25, 0.3) is 16.9 Å². The van der Waals surface area contributed by atoms with Crippen LogP contribution in [-0.4, -0.2) is 29.1 Å². The van der Waals surface area contributed by atoms with Gasteiger partial charge in [0.25, 0.3) is 5.56 Å². The molecule has 182 valence electrons. The van der Waals surface area contributed by atoms with Crippen molar-refractivity contribution in [1.82, 2.24) is 29.1 Å². The molecule has 0 aromatic carbocycles. The van der Waals surface area contributed by atoms with Crippen LogP contribution < -0.4 is 27.1 Å². The van der Waals surface area contributed by atoms with Gasteiger partial charge in [-0.05, 0) is 6.07 Å². The Kier molecular flexibility index (Phi) is 5.98. The summed E-state index contributed by atoms with van der Waals surface area (Å²) in [7, 11) is 2.75. The molecule has 0 atom stereocenters. The maximum atomic E-state index is 13.2. The van der Waals surface area contributed by atoms with Crippen molar-refractivity contribution in [1.29, 1.82) is 0 Å². The Bertz CT molecular complexity index is 1530. The second-order valence-corrected chi connectivity index (χ2v) is 7.59. The monoisotopic (exact) mass is 507 g/mol. The number of fused-ring (bicyclic) bond motifs is 1. The number of alkyl halides is 3. The predicted molar refractivity (Wildman–Crippen MR) is 123 cm³/mol. The lowest BCUT2D eigenvalue weighted by Crippen LogP contribution is -2.23. The van der Waals surface area contributed by atoms with E-state index in [4.69, 9.17) is 27.8 Å². The van der Waals surface area contributed by atoms with Crippen LogP contribution in [0.5, 0.6) is 5.75 Å². The molecular weight excluding hydrogens is 491 g/mol. The third-order valence-corrected chi connectivity index (χ3v) is 5.26. The molecule has 0 spiro atoms. The largest absolute Gasteiger partial charge is 0.450 e. The third kappa shape index (κ3) is 4.42. The number of hydrogen-bond acceptors (Lipinski definition) is 9. The van der Waals surface area contributed by atoms with Gasteiger partial charge >= 0.3 is 6.18 Å². The zero-order chi connectivity index (χ0) is 25.5. The first-order valence-corrected chi connectivity index (χ1v) is 10.1. The minimum atomic E-state index is -4.65. The highest BCUT2D eigenvalue weighted by atomic mass is 35.5. The standard InChI is InChI=1S/C20H17ClF3N9O2/c1-32-8-9(20(22,23)24)5-10(18(32)34)30-19-31-17-15(33(19)2)13(21)12(7-29-17)35-11(6-25)14-16(26)28-4-3-27-14/h3-8H,25H2,1-2H3,(H2,26,28)(H,29,30,31). The molecule has 0 bridgehead atoms. The van der Waals surface area contributed by atoms with E-state index < -0.39 is 17.3 Å². The fraction of sp³-hybridized carbons (Fsp3) is 0.150. The van der Waals surface area contributed by atoms with Crippen LogP contribution >= 0.6 is 11.6 Å². The number of hydrogen-bond donors (Lipinski definition) is 3. The maximum absolute atomic E-state index is 13.2. The maximum Gasteiger partial charge on any atom is 0.417 e. The zero-order valence-corrected chi connectivity index (χ0v) is 18.9. The van der Waals surface area contributed by atoms with E-state index in [9.17, 15) is 18.0 Å². The molecule has 0 fully saturated rings. The van der Waals surface area contributed by atoms with Crippen LogP contribution in [0.4, 0.5) is 30.6 Å². The second-order valence-electron chi connectivity index (χ2n) is 7.21. The van der Waals surface area contributed by atoms with Gasteiger partial charge < -0.3 is 30.7 Å². The van der Waals surface area contributed by atoms with Crippen LogP contribution in [0.1, 0.15) is 11.3 Å². The number of imidazole rings is 1. The van der Waals surface area contributed by atoms with E-state index in [-0.39, 0.29) is 50.8 Å². The first kappa shape index (κ1) is 23.8. The van der Waals surface area contributed by atoms with Crippen molar-refractivity contribution >= 4 is 46.0 Å². The number of aromatic nitrogens is 6. The Labute approximate surface area is 199 Å². The summed E-state index contributed by atoms with van der Waals surface area (Å²) in [4.78, 5) is 28.8. The third-order valence-electron chi connectivity index (χ3n) is 4.89. The van der Waals surface area contributed by atoms with Gasteiger partial charge in [-0.3, -0.25) is 4.79 Å². The van der Waals surface area contributed by atoms with Crippen molar-refractivity contribution in [2.24, 2.45) is 19.8 Å². The minimum Gasteiger partial charge on any atom is -0.450 e. The van der Waals surface area contributed by atoms with Gasteiger partial charge in [-0.2, -0.15) is 18.2 Å². The average molecular weight is 508 g/mol. The lowest BCUT2D eigenvalue weighted by atomic mass is 10.2. The fourth-order valence-electron chi connectivity index (χ4n) is 3.19. The number of anilines is 3. The number of nitrogens with two attached hydrogens (primary N) is 2. The first-order valence-electron chi connectivity index (χ1n) is 9.73. The molecule has 35 heavy (non-hydrogen) atoms. The number of nitrogens with zero attached hydrogens (tertiary/aromatic N) is 6. The molecule has 4 heterocycles. The van der Waals surface area contributed by atoms with Gasteiger partial charge in [-0.15, -0.1) is 0 Å². The normalized spacial score (nSPS) is 12.2. The summed E-state index contributed by atoms with van der Waals surface area (Å²) in [6, 6.07) is 0.703. The summed E-state index contributed by atoms with van der Waals surface area (Å²) < 4.78 is 47.6. The zero-order valence-electron chi connectivity index (χ0n) is 18.1. The molecule has 0 radical (unpaired) electrons. The topological polar surface area (TPSA) is 152 Å². The van der Waals surface area contributed by atoms with Gasteiger partial charge in [-0.1, -0.05) is 11.6 Å². The molecule has 0 saturated heterocycles. The van der Waals surface area contributed by atoms with Crippen LogP contribution in [0.15, 0.2) is 41.8 Å². The number of pyridine rings is 2. The SMILES string of the molecule is Cn1cc(C(F)(F)F)cc(Nc2nc3ncc(OC(=CN)c4nccnc4N)c(Cl)c3n2C)c1=O. The summed E-state index contributed by atoms with van der Waals surface area (Å²) in [5.74, 6) is 0.233. The first-order chi connectivity index (χ1) is 16.5. The Morgan fingerprint density at radius 1 is 1.23 bits per heavy atom.